The molecule has 0 unspecified atom stereocenters. The number of unbranched alkanes of at least 4 members (excludes halogenated alkanes) is 1. The van der Waals surface area contributed by atoms with E-state index in [1.165, 1.54) is 25.9 Å². The first kappa shape index (κ1) is 21.1. The summed E-state index contributed by atoms with van der Waals surface area (Å²) in [6.07, 6.45) is 13.0. The molecule has 2 N–H and O–H groups in total. The van der Waals surface area contributed by atoms with Crippen molar-refractivity contribution in [2.45, 2.75) is 38.5 Å². The van der Waals surface area contributed by atoms with Gasteiger partial charge in [-0.25, -0.2) is 4.98 Å². The lowest BCUT2D eigenvalue weighted by atomic mass is 9.81. The summed E-state index contributed by atoms with van der Waals surface area (Å²) in [6.45, 7) is 4.26. The van der Waals surface area contributed by atoms with Gasteiger partial charge in [0.05, 0.1) is 11.8 Å². The summed E-state index contributed by atoms with van der Waals surface area (Å²) in [4.78, 5) is 33.3. The molecule has 4 aliphatic rings. The van der Waals surface area contributed by atoms with Gasteiger partial charge in [0.1, 0.15) is 5.82 Å². The molecule has 4 atom stereocenters. The number of likely N-dealkylation sites (tertiary alicyclic amines) is 1. The van der Waals surface area contributed by atoms with Gasteiger partial charge in [0, 0.05) is 17.2 Å². The van der Waals surface area contributed by atoms with Gasteiger partial charge in [0.2, 0.25) is 11.8 Å². The van der Waals surface area contributed by atoms with Crippen LogP contribution in [0.4, 0.5) is 5.82 Å². The van der Waals surface area contributed by atoms with Crippen LogP contribution in [0.25, 0.3) is 0 Å². The van der Waals surface area contributed by atoms with Gasteiger partial charge in [-0.3, -0.25) is 9.59 Å². The molecule has 1 aromatic rings. The van der Waals surface area contributed by atoms with Gasteiger partial charge >= 0.3 is 0 Å². The van der Waals surface area contributed by atoms with E-state index in [2.05, 4.69) is 48.6 Å². The van der Waals surface area contributed by atoms with E-state index in [1.54, 1.807) is 12.3 Å². The van der Waals surface area contributed by atoms with Crippen LogP contribution in [0.1, 0.15) is 38.5 Å². The van der Waals surface area contributed by atoms with Crippen molar-refractivity contribution in [3.05, 3.63) is 35.0 Å². The highest BCUT2D eigenvalue weighted by Gasteiger charge is 2.69. The molecule has 3 fully saturated rings. The van der Waals surface area contributed by atoms with Gasteiger partial charge in [0.15, 0.2) is 0 Å². The molecule has 0 radical (unpaired) electrons. The summed E-state index contributed by atoms with van der Waals surface area (Å²) in [5.41, 5.74) is 0.146. The van der Waals surface area contributed by atoms with Crippen molar-refractivity contribution in [2.24, 2.45) is 29.1 Å². The molecule has 5 rings (SSSR count). The molecule has 0 aromatic carbocycles. The number of nitrogens with zero attached hydrogens (tertiary/aromatic N) is 2. The van der Waals surface area contributed by atoms with Crippen LogP contribution < -0.4 is 10.6 Å². The number of rotatable bonds is 8. The summed E-state index contributed by atoms with van der Waals surface area (Å²) in [6, 6.07) is 3.64. The highest BCUT2D eigenvalue weighted by molar-refractivity contribution is 9.10. The van der Waals surface area contributed by atoms with E-state index >= 15 is 0 Å². The number of nitrogens with one attached hydrogen (secondary N) is 2. The minimum Gasteiger partial charge on any atom is -0.356 e. The Morgan fingerprint density at radius 3 is 2.42 bits per heavy atom. The lowest BCUT2D eigenvalue weighted by molar-refractivity contribution is -0.132. The fourth-order valence-corrected chi connectivity index (χ4v) is 6.40. The van der Waals surface area contributed by atoms with E-state index in [4.69, 9.17) is 0 Å². The number of pyridine rings is 1. The van der Waals surface area contributed by atoms with E-state index in [0.717, 1.165) is 36.7 Å². The highest BCUT2D eigenvalue weighted by Crippen LogP contribution is 2.72. The molecule has 2 amide bonds. The summed E-state index contributed by atoms with van der Waals surface area (Å²) in [5, 5.41) is 6.13. The Kier molecular flexibility index (Phi) is 5.90. The smallest absolute Gasteiger partial charge is 0.230 e. The van der Waals surface area contributed by atoms with Crippen LogP contribution in [0.15, 0.2) is 35.0 Å². The Bertz CT molecular complexity index is 861. The molecular weight excluding hydrogens is 456 g/mol. The van der Waals surface area contributed by atoms with E-state index in [-0.39, 0.29) is 40.9 Å². The molecule has 1 aliphatic heterocycles. The average Bonchev–Trinajstić information content (AvgIpc) is 3.12. The Labute approximate surface area is 192 Å². The van der Waals surface area contributed by atoms with E-state index < -0.39 is 0 Å². The SMILES string of the molecule is O=C(NCCCCN1CCCC1)[C@H]1[C@H](C(=O)Nc2ccc(Br)cn2)[C@H]2C=C[C@H]1C21CC1. The second kappa shape index (κ2) is 8.66. The molecule has 166 valence electrons. The fraction of sp³-hybridized carbons (Fsp3) is 0.625. The molecule has 2 bridgehead atoms. The number of carbonyl (C=O) groups excluding carboxylic acids is 2. The zero-order valence-corrected chi connectivity index (χ0v) is 19.4. The van der Waals surface area contributed by atoms with Crippen molar-refractivity contribution in [1.82, 2.24) is 15.2 Å². The van der Waals surface area contributed by atoms with Crippen molar-refractivity contribution in [2.75, 3.05) is 31.5 Å². The first-order valence-corrected chi connectivity index (χ1v) is 12.5. The van der Waals surface area contributed by atoms with Crippen LogP contribution in [0.5, 0.6) is 0 Å². The van der Waals surface area contributed by atoms with Crippen LogP contribution >= 0.6 is 15.9 Å². The number of carbonyl (C=O) groups is 2. The van der Waals surface area contributed by atoms with Crippen molar-refractivity contribution in [1.29, 1.82) is 0 Å². The molecule has 31 heavy (non-hydrogen) atoms. The molecule has 6 nitrogen and oxygen atoms in total. The minimum atomic E-state index is -0.312. The number of halogens is 1. The van der Waals surface area contributed by atoms with Gasteiger partial charge in [0.25, 0.3) is 0 Å². The Morgan fingerprint density at radius 2 is 1.77 bits per heavy atom. The third-order valence-electron chi connectivity index (χ3n) is 7.82. The highest BCUT2D eigenvalue weighted by atomic mass is 79.9. The minimum absolute atomic E-state index is 0.0493. The Balaban J connectivity index is 1.20. The zero-order valence-electron chi connectivity index (χ0n) is 17.9. The number of aromatic nitrogens is 1. The predicted octanol–water partition coefficient (Wildman–Crippen LogP) is 3.60. The third-order valence-corrected chi connectivity index (χ3v) is 8.29. The van der Waals surface area contributed by atoms with Crippen LogP contribution in [0.2, 0.25) is 0 Å². The molecule has 7 heteroatoms. The van der Waals surface area contributed by atoms with Crippen LogP contribution in [-0.2, 0) is 9.59 Å². The van der Waals surface area contributed by atoms with Crippen molar-refractivity contribution in [3.63, 3.8) is 0 Å². The maximum absolute atomic E-state index is 13.3. The van der Waals surface area contributed by atoms with Crippen LogP contribution in [0.3, 0.4) is 0 Å². The number of amides is 2. The molecule has 1 saturated heterocycles. The monoisotopic (exact) mass is 486 g/mol. The van der Waals surface area contributed by atoms with Crippen LogP contribution in [-0.4, -0.2) is 47.9 Å². The van der Waals surface area contributed by atoms with Crippen molar-refractivity contribution >= 4 is 33.6 Å². The van der Waals surface area contributed by atoms with Crippen LogP contribution in [0, 0.1) is 29.1 Å². The van der Waals surface area contributed by atoms with Gasteiger partial charge in [-0.1, -0.05) is 12.2 Å². The maximum atomic E-state index is 13.3. The first-order valence-electron chi connectivity index (χ1n) is 11.7. The Morgan fingerprint density at radius 1 is 1.06 bits per heavy atom. The first-order chi connectivity index (χ1) is 15.1. The Hall–Kier alpha value is -1.73. The van der Waals surface area contributed by atoms with Gasteiger partial charge in [-0.15, -0.1) is 0 Å². The summed E-state index contributed by atoms with van der Waals surface area (Å²) >= 11 is 3.37. The van der Waals surface area contributed by atoms with Gasteiger partial charge in [-0.2, -0.15) is 0 Å². The molecule has 1 spiro atoms. The molecule has 2 heterocycles. The lowest BCUT2D eigenvalue weighted by Gasteiger charge is -2.26. The molecular formula is C24H31BrN4O2. The molecule has 1 aromatic heterocycles. The topological polar surface area (TPSA) is 74.3 Å². The summed E-state index contributed by atoms with van der Waals surface area (Å²) in [5.74, 6) is 0.278. The second-order valence-corrected chi connectivity index (χ2v) is 10.5. The molecule has 3 aliphatic carbocycles. The molecule has 2 saturated carbocycles. The van der Waals surface area contributed by atoms with E-state index in [9.17, 15) is 9.59 Å². The second-order valence-electron chi connectivity index (χ2n) is 9.62. The normalized spacial score (nSPS) is 30.1. The number of allylic oxidation sites excluding steroid dienone is 2. The van der Waals surface area contributed by atoms with Crippen molar-refractivity contribution in [3.8, 4) is 0 Å². The van der Waals surface area contributed by atoms with E-state index in [0.29, 0.717) is 12.4 Å². The van der Waals surface area contributed by atoms with Gasteiger partial charge < -0.3 is 15.5 Å². The average molecular weight is 487 g/mol. The quantitative estimate of drug-likeness (QED) is 0.434. The largest absolute Gasteiger partial charge is 0.356 e. The predicted molar refractivity (Wildman–Crippen MR) is 123 cm³/mol. The summed E-state index contributed by atoms with van der Waals surface area (Å²) < 4.78 is 0.868. The number of hydrogen-bond donors (Lipinski definition) is 2. The zero-order chi connectivity index (χ0) is 21.4. The third kappa shape index (κ3) is 4.07. The maximum Gasteiger partial charge on any atom is 0.230 e. The standard InChI is InChI=1S/C24H31BrN4O2/c25-16-5-8-19(27-15-16)28-23(31)21-18-7-6-17(24(18)9-10-24)20(21)22(30)26-11-1-2-12-29-13-3-4-14-29/h5-8,15,17-18,20-21H,1-4,9-14H2,(H,26,30)(H,27,28,31)/t17-,18-,20-,21-/m1/s1. The van der Waals surface area contributed by atoms with E-state index in [1.807, 2.05) is 6.07 Å². The van der Waals surface area contributed by atoms with Crippen molar-refractivity contribution < 1.29 is 9.59 Å². The van der Waals surface area contributed by atoms with Gasteiger partial charge in [-0.05, 0) is 103 Å². The fourth-order valence-electron chi connectivity index (χ4n) is 6.17. The summed E-state index contributed by atoms with van der Waals surface area (Å²) in [7, 11) is 0. The number of hydrogen-bond acceptors (Lipinski definition) is 4. The lowest BCUT2D eigenvalue weighted by Crippen LogP contribution is -2.42. The number of anilines is 1.